The lowest BCUT2D eigenvalue weighted by molar-refractivity contribution is 0.158. The van der Waals surface area contributed by atoms with Crippen molar-refractivity contribution in [2.45, 2.75) is 64.3 Å². The van der Waals surface area contributed by atoms with Gasteiger partial charge in [-0.05, 0) is 49.0 Å². The second-order valence-electron chi connectivity index (χ2n) is 6.92. The van der Waals surface area contributed by atoms with Crippen LogP contribution in [0, 0.1) is 0 Å². The van der Waals surface area contributed by atoms with Gasteiger partial charge in [0, 0.05) is 11.2 Å². The van der Waals surface area contributed by atoms with Crippen molar-refractivity contribution >= 4 is 19.9 Å². The van der Waals surface area contributed by atoms with Crippen LogP contribution in [0.1, 0.15) is 51.0 Å². The van der Waals surface area contributed by atoms with Gasteiger partial charge in [0.05, 0.1) is 11.8 Å². The first-order valence-corrected chi connectivity index (χ1v) is 10.3. The molecule has 1 aliphatic carbocycles. The molecule has 0 saturated carbocycles. The third-order valence-electron chi connectivity index (χ3n) is 4.47. The predicted molar refractivity (Wildman–Crippen MR) is 83.2 cm³/mol. The van der Waals surface area contributed by atoms with Crippen LogP contribution in [0.3, 0.4) is 0 Å². The lowest BCUT2D eigenvalue weighted by Crippen LogP contribution is -2.42. The lowest BCUT2D eigenvalue weighted by Gasteiger charge is -2.40. The van der Waals surface area contributed by atoms with E-state index in [0.717, 1.165) is 30.0 Å². The minimum Gasteiger partial charge on any atom is -0.408 e. The Morgan fingerprint density at radius 1 is 1.37 bits per heavy atom. The molecule has 0 bridgehead atoms. The molecular formula is C15H24ClNOSi. The number of hydrogen-bond acceptors (Lipinski definition) is 2. The van der Waals surface area contributed by atoms with Crippen molar-refractivity contribution < 1.29 is 4.43 Å². The molecule has 0 aromatic carbocycles. The van der Waals surface area contributed by atoms with E-state index in [9.17, 15) is 0 Å². The van der Waals surface area contributed by atoms with Crippen molar-refractivity contribution in [2.75, 3.05) is 0 Å². The zero-order chi connectivity index (χ0) is 14.3. The Hall–Kier alpha value is -0.383. The van der Waals surface area contributed by atoms with E-state index in [4.69, 9.17) is 16.0 Å². The summed E-state index contributed by atoms with van der Waals surface area (Å²) in [7, 11) is -1.76. The molecule has 4 heteroatoms. The summed E-state index contributed by atoms with van der Waals surface area (Å²) in [6, 6.07) is 1.88. The summed E-state index contributed by atoms with van der Waals surface area (Å²) in [6.45, 7) is 11.4. The Bertz CT molecular complexity index is 468. The first kappa shape index (κ1) is 15.0. The molecule has 0 aliphatic heterocycles. The van der Waals surface area contributed by atoms with E-state index in [1.807, 2.05) is 6.07 Å². The predicted octanol–water partition coefficient (Wildman–Crippen LogP) is 5.13. The van der Waals surface area contributed by atoms with Gasteiger partial charge in [0.2, 0.25) is 0 Å². The zero-order valence-corrected chi connectivity index (χ0v) is 14.3. The Kier molecular flexibility index (Phi) is 4.10. The number of rotatable bonds is 2. The van der Waals surface area contributed by atoms with Crippen LogP contribution < -0.4 is 0 Å². The maximum absolute atomic E-state index is 6.54. The fourth-order valence-electron chi connectivity index (χ4n) is 2.26. The average Bonchev–Trinajstić information content (AvgIpc) is 2.28. The van der Waals surface area contributed by atoms with Crippen LogP contribution in [0.15, 0.2) is 12.3 Å². The van der Waals surface area contributed by atoms with Crippen LogP contribution in [0.25, 0.3) is 0 Å². The normalized spacial score (nSPS) is 20.2. The Morgan fingerprint density at radius 3 is 2.68 bits per heavy atom. The average molecular weight is 298 g/mol. The molecule has 1 heterocycles. The van der Waals surface area contributed by atoms with Gasteiger partial charge >= 0.3 is 0 Å². The Labute approximate surface area is 122 Å². The highest BCUT2D eigenvalue weighted by Gasteiger charge is 2.40. The summed E-state index contributed by atoms with van der Waals surface area (Å²) in [4.78, 5) is 4.54. The number of aromatic nitrogens is 1. The fourth-order valence-corrected chi connectivity index (χ4v) is 3.80. The SMILES string of the molecule is CC(C)(C)[Si](C)(C)OC1CCCc2c(Cl)ccnc21. The van der Waals surface area contributed by atoms with Crippen molar-refractivity contribution in [1.82, 2.24) is 4.98 Å². The van der Waals surface area contributed by atoms with Crippen LogP contribution >= 0.6 is 11.6 Å². The summed E-state index contributed by atoms with van der Waals surface area (Å²) < 4.78 is 6.54. The van der Waals surface area contributed by atoms with Gasteiger partial charge < -0.3 is 4.43 Å². The maximum atomic E-state index is 6.54. The van der Waals surface area contributed by atoms with Gasteiger partial charge in [-0.3, -0.25) is 4.98 Å². The molecule has 2 rings (SSSR count). The smallest absolute Gasteiger partial charge is 0.192 e. The van der Waals surface area contributed by atoms with E-state index in [1.165, 1.54) is 5.56 Å². The van der Waals surface area contributed by atoms with Crippen LogP contribution in [0.2, 0.25) is 23.2 Å². The monoisotopic (exact) mass is 297 g/mol. The van der Waals surface area contributed by atoms with E-state index in [2.05, 4.69) is 38.8 Å². The number of nitrogens with zero attached hydrogens (tertiary/aromatic N) is 1. The maximum Gasteiger partial charge on any atom is 0.192 e. The third kappa shape index (κ3) is 3.04. The number of halogens is 1. The molecule has 1 aliphatic rings. The molecule has 106 valence electrons. The molecule has 0 fully saturated rings. The van der Waals surface area contributed by atoms with Crippen LogP contribution in [0.5, 0.6) is 0 Å². The largest absolute Gasteiger partial charge is 0.408 e. The summed E-state index contributed by atoms with van der Waals surface area (Å²) >= 11 is 6.28. The summed E-state index contributed by atoms with van der Waals surface area (Å²) in [5.41, 5.74) is 2.27. The highest BCUT2D eigenvalue weighted by atomic mass is 35.5. The van der Waals surface area contributed by atoms with Gasteiger partial charge in [0.1, 0.15) is 0 Å². The zero-order valence-electron chi connectivity index (χ0n) is 12.6. The molecule has 1 unspecified atom stereocenters. The lowest BCUT2D eigenvalue weighted by atomic mass is 9.94. The third-order valence-corrected chi connectivity index (χ3v) is 9.31. The van der Waals surface area contributed by atoms with Gasteiger partial charge in [-0.2, -0.15) is 0 Å². The minimum atomic E-state index is -1.76. The Balaban J connectivity index is 2.28. The van der Waals surface area contributed by atoms with Crippen molar-refractivity contribution in [2.24, 2.45) is 0 Å². The van der Waals surface area contributed by atoms with Gasteiger partial charge in [0.15, 0.2) is 8.32 Å². The van der Waals surface area contributed by atoms with Gasteiger partial charge in [-0.1, -0.05) is 32.4 Å². The van der Waals surface area contributed by atoms with Crippen molar-refractivity contribution in [3.05, 3.63) is 28.5 Å². The van der Waals surface area contributed by atoms with Crippen molar-refractivity contribution in [3.8, 4) is 0 Å². The Morgan fingerprint density at radius 2 is 2.05 bits per heavy atom. The molecule has 1 aromatic heterocycles. The van der Waals surface area contributed by atoms with E-state index < -0.39 is 8.32 Å². The number of pyridine rings is 1. The van der Waals surface area contributed by atoms with E-state index in [0.29, 0.717) is 0 Å². The number of fused-ring (bicyclic) bond motifs is 1. The summed E-state index contributed by atoms with van der Waals surface area (Å²) in [5, 5.41) is 1.07. The van der Waals surface area contributed by atoms with Crippen LogP contribution in [-0.4, -0.2) is 13.3 Å². The standard InChI is InChI=1S/C15H24ClNOSi/c1-15(2,3)19(4,5)18-13-8-6-7-11-12(16)9-10-17-14(11)13/h9-10,13H,6-8H2,1-5H3. The second kappa shape index (κ2) is 5.19. The molecule has 0 amide bonds. The molecule has 0 saturated heterocycles. The molecular weight excluding hydrogens is 274 g/mol. The second-order valence-corrected chi connectivity index (χ2v) is 12.1. The topological polar surface area (TPSA) is 22.1 Å². The van der Waals surface area contributed by atoms with E-state index >= 15 is 0 Å². The van der Waals surface area contributed by atoms with Crippen LogP contribution in [-0.2, 0) is 10.8 Å². The highest BCUT2D eigenvalue weighted by Crippen LogP contribution is 2.43. The highest BCUT2D eigenvalue weighted by molar-refractivity contribution is 6.74. The molecule has 1 aromatic rings. The molecule has 19 heavy (non-hydrogen) atoms. The van der Waals surface area contributed by atoms with Crippen LogP contribution in [0.4, 0.5) is 0 Å². The molecule has 1 atom stereocenters. The van der Waals surface area contributed by atoms with Gasteiger partial charge in [-0.15, -0.1) is 0 Å². The molecule has 0 N–H and O–H groups in total. The number of hydrogen-bond donors (Lipinski definition) is 0. The van der Waals surface area contributed by atoms with E-state index in [-0.39, 0.29) is 11.1 Å². The van der Waals surface area contributed by atoms with Gasteiger partial charge in [0.25, 0.3) is 0 Å². The molecule has 0 spiro atoms. The first-order valence-electron chi connectivity index (χ1n) is 7.03. The first-order chi connectivity index (χ1) is 8.72. The van der Waals surface area contributed by atoms with Crippen molar-refractivity contribution in [1.29, 1.82) is 0 Å². The molecule has 2 nitrogen and oxygen atoms in total. The summed E-state index contributed by atoms with van der Waals surface area (Å²) in [5.74, 6) is 0. The quantitative estimate of drug-likeness (QED) is 0.706. The summed E-state index contributed by atoms with van der Waals surface area (Å²) in [6.07, 6.45) is 5.15. The van der Waals surface area contributed by atoms with Crippen molar-refractivity contribution in [3.63, 3.8) is 0 Å². The fraction of sp³-hybridized carbons (Fsp3) is 0.667. The van der Waals surface area contributed by atoms with E-state index in [1.54, 1.807) is 6.20 Å². The minimum absolute atomic E-state index is 0.128. The van der Waals surface area contributed by atoms with Gasteiger partial charge in [-0.25, -0.2) is 0 Å². The molecule has 0 radical (unpaired) electrons.